The molecular formula is C19H29N5O4S. The van der Waals surface area contributed by atoms with Crippen molar-refractivity contribution in [2.75, 3.05) is 31.6 Å². The molecule has 160 valence electrons. The summed E-state index contributed by atoms with van der Waals surface area (Å²) in [7, 11) is -2.00. The Bertz CT molecular complexity index is 943. The highest BCUT2D eigenvalue weighted by atomic mass is 32.2. The second-order valence-electron chi connectivity index (χ2n) is 7.54. The number of nitrogens with one attached hydrogen (secondary N) is 1. The fraction of sp³-hybridized carbons (Fsp3) is 0.579. The van der Waals surface area contributed by atoms with Crippen molar-refractivity contribution in [3.8, 4) is 11.5 Å². The van der Waals surface area contributed by atoms with E-state index in [0.29, 0.717) is 24.0 Å². The minimum Gasteiger partial charge on any atom is -0.493 e. The fourth-order valence-corrected chi connectivity index (χ4v) is 4.05. The smallest absolute Gasteiger partial charge is 0.274 e. The summed E-state index contributed by atoms with van der Waals surface area (Å²) in [4.78, 5) is 11.2. The van der Waals surface area contributed by atoms with Gasteiger partial charge in [-0.05, 0) is 45.1 Å². The molecule has 0 atom stereocenters. The van der Waals surface area contributed by atoms with Gasteiger partial charge in [0.05, 0.1) is 18.7 Å². The Hall–Kier alpha value is -2.17. The lowest BCUT2D eigenvalue weighted by molar-refractivity contribution is 0.230. The van der Waals surface area contributed by atoms with Gasteiger partial charge in [-0.25, -0.2) is 19.8 Å². The predicted molar refractivity (Wildman–Crippen MR) is 113 cm³/mol. The molecule has 1 aliphatic rings. The van der Waals surface area contributed by atoms with Gasteiger partial charge in [0.25, 0.3) is 10.2 Å². The number of rotatable bonds is 8. The summed E-state index contributed by atoms with van der Waals surface area (Å²) in [6.07, 6.45) is 4.30. The van der Waals surface area contributed by atoms with E-state index in [1.54, 1.807) is 13.4 Å². The van der Waals surface area contributed by atoms with Crippen molar-refractivity contribution in [2.24, 2.45) is 11.1 Å². The molecule has 2 aromatic rings. The monoisotopic (exact) mass is 423 g/mol. The number of anilines is 1. The van der Waals surface area contributed by atoms with Gasteiger partial charge in [0, 0.05) is 31.1 Å². The maximum atomic E-state index is 11.0. The molecule has 10 heteroatoms. The maximum absolute atomic E-state index is 11.0. The van der Waals surface area contributed by atoms with Crippen molar-refractivity contribution in [1.29, 1.82) is 0 Å². The molecule has 9 nitrogen and oxygen atoms in total. The van der Waals surface area contributed by atoms with Gasteiger partial charge in [-0.3, -0.25) is 0 Å². The number of methoxy groups -OCH3 is 1. The zero-order chi connectivity index (χ0) is 21.0. The van der Waals surface area contributed by atoms with Crippen LogP contribution in [-0.4, -0.2) is 51.2 Å². The van der Waals surface area contributed by atoms with Gasteiger partial charge >= 0.3 is 0 Å². The summed E-state index contributed by atoms with van der Waals surface area (Å²) in [6, 6.07) is 3.83. The third-order valence-electron chi connectivity index (χ3n) is 5.03. The van der Waals surface area contributed by atoms with Crippen LogP contribution in [0.2, 0.25) is 0 Å². The third-order valence-corrected chi connectivity index (χ3v) is 5.64. The van der Waals surface area contributed by atoms with Gasteiger partial charge in [0.2, 0.25) is 0 Å². The lowest BCUT2D eigenvalue weighted by Crippen LogP contribution is -2.37. The summed E-state index contributed by atoms with van der Waals surface area (Å²) in [5.74, 6) is 2.66. The summed E-state index contributed by atoms with van der Waals surface area (Å²) in [6.45, 7) is 6.01. The molecule has 0 unspecified atom stereocenters. The summed E-state index contributed by atoms with van der Waals surface area (Å²) in [5, 5.41) is 5.91. The first kappa shape index (κ1) is 21.5. The van der Waals surface area contributed by atoms with Crippen LogP contribution in [-0.2, 0) is 10.2 Å². The van der Waals surface area contributed by atoms with Crippen molar-refractivity contribution < 1.29 is 17.9 Å². The van der Waals surface area contributed by atoms with Crippen molar-refractivity contribution in [1.82, 2.24) is 14.7 Å². The molecule has 0 radical (unpaired) electrons. The van der Waals surface area contributed by atoms with Crippen LogP contribution < -0.4 is 24.2 Å². The number of nitrogens with zero attached hydrogens (tertiary/aromatic N) is 3. The first-order valence-corrected chi connectivity index (χ1v) is 11.3. The van der Waals surface area contributed by atoms with Crippen LogP contribution in [0.15, 0.2) is 18.5 Å². The van der Waals surface area contributed by atoms with Crippen LogP contribution >= 0.6 is 0 Å². The van der Waals surface area contributed by atoms with Gasteiger partial charge in [-0.15, -0.1) is 0 Å². The standard InChI is InChI=1S/C19H29N5O4S/c1-13(2)28-18-10-15-16(11-17(18)27-3)21-12-22-19(15)24-8-5-14(6-9-24)4-7-23-29(20,25)26/h10-14,23H,4-9H2,1-3H3,(H2,20,25,26). The first-order valence-electron chi connectivity index (χ1n) is 9.78. The number of benzene rings is 1. The zero-order valence-corrected chi connectivity index (χ0v) is 17.9. The Morgan fingerprint density at radius 3 is 2.59 bits per heavy atom. The van der Waals surface area contributed by atoms with Gasteiger partial charge in [-0.1, -0.05) is 0 Å². The third kappa shape index (κ3) is 5.68. The number of piperidine rings is 1. The molecule has 3 N–H and O–H groups in total. The molecule has 0 spiro atoms. The molecule has 3 rings (SSSR count). The number of nitrogens with two attached hydrogens (primary N) is 1. The molecule has 1 saturated heterocycles. The quantitative estimate of drug-likeness (QED) is 0.664. The maximum Gasteiger partial charge on any atom is 0.274 e. The SMILES string of the molecule is COc1cc2ncnc(N3CCC(CCNS(N)(=O)=O)CC3)c2cc1OC(C)C. The minimum absolute atomic E-state index is 0.0242. The van der Waals surface area contributed by atoms with E-state index in [-0.39, 0.29) is 6.10 Å². The largest absolute Gasteiger partial charge is 0.493 e. The van der Waals surface area contributed by atoms with Crippen molar-refractivity contribution in [2.45, 2.75) is 39.2 Å². The normalized spacial score (nSPS) is 15.8. The van der Waals surface area contributed by atoms with Crippen LogP contribution in [0.5, 0.6) is 11.5 Å². The Labute approximate surface area is 171 Å². The molecule has 1 aliphatic heterocycles. The number of hydrogen-bond acceptors (Lipinski definition) is 7. The minimum atomic E-state index is -3.62. The molecule has 0 saturated carbocycles. The Morgan fingerprint density at radius 1 is 1.24 bits per heavy atom. The molecule has 1 aromatic heterocycles. The lowest BCUT2D eigenvalue weighted by atomic mass is 9.93. The fourth-order valence-electron chi connectivity index (χ4n) is 3.65. The van der Waals surface area contributed by atoms with Gasteiger partial charge < -0.3 is 14.4 Å². The van der Waals surface area contributed by atoms with Crippen LogP contribution in [0.4, 0.5) is 5.82 Å². The van der Waals surface area contributed by atoms with Crippen LogP contribution in [0.25, 0.3) is 10.9 Å². The highest BCUT2D eigenvalue weighted by molar-refractivity contribution is 7.87. The number of aromatic nitrogens is 2. The highest BCUT2D eigenvalue weighted by Crippen LogP contribution is 2.36. The Balaban J connectivity index is 1.75. The molecule has 0 amide bonds. The summed E-state index contributed by atoms with van der Waals surface area (Å²) < 4.78 is 35.7. The molecular weight excluding hydrogens is 394 g/mol. The van der Waals surface area contributed by atoms with E-state index in [2.05, 4.69) is 19.6 Å². The van der Waals surface area contributed by atoms with E-state index in [9.17, 15) is 8.42 Å². The van der Waals surface area contributed by atoms with E-state index in [1.165, 1.54) is 0 Å². The van der Waals surface area contributed by atoms with E-state index in [1.807, 2.05) is 26.0 Å². The molecule has 0 bridgehead atoms. The second-order valence-corrected chi connectivity index (χ2v) is 8.92. The number of hydrogen-bond donors (Lipinski definition) is 2. The van der Waals surface area contributed by atoms with Crippen molar-refractivity contribution in [3.63, 3.8) is 0 Å². The van der Waals surface area contributed by atoms with Gasteiger partial charge in [-0.2, -0.15) is 8.42 Å². The molecule has 1 aromatic carbocycles. The summed E-state index contributed by atoms with van der Waals surface area (Å²) >= 11 is 0. The highest BCUT2D eigenvalue weighted by Gasteiger charge is 2.23. The summed E-state index contributed by atoms with van der Waals surface area (Å²) in [5.41, 5.74) is 0.808. The predicted octanol–water partition coefficient (Wildman–Crippen LogP) is 1.83. The second kappa shape index (κ2) is 9.10. The van der Waals surface area contributed by atoms with Gasteiger partial charge in [0.15, 0.2) is 11.5 Å². The van der Waals surface area contributed by atoms with E-state index >= 15 is 0 Å². The Morgan fingerprint density at radius 2 is 1.97 bits per heavy atom. The zero-order valence-electron chi connectivity index (χ0n) is 17.1. The molecule has 29 heavy (non-hydrogen) atoms. The van der Waals surface area contributed by atoms with E-state index in [0.717, 1.165) is 49.1 Å². The topological polar surface area (TPSA) is 120 Å². The lowest BCUT2D eigenvalue weighted by Gasteiger charge is -2.33. The molecule has 1 fully saturated rings. The van der Waals surface area contributed by atoms with Crippen LogP contribution in [0.1, 0.15) is 33.1 Å². The van der Waals surface area contributed by atoms with Crippen LogP contribution in [0, 0.1) is 5.92 Å². The first-order chi connectivity index (χ1) is 13.8. The van der Waals surface area contributed by atoms with E-state index < -0.39 is 10.2 Å². The average molecular weight is 424 g/mol. The van der Waals surface area contributed by atoms with Crippen molar-refractivity contribution in [3.05, 3.63) is 18.5 Å². The van der Waals surface area contributed by atoms with E-state index in [4.69, 9.17) is 14.6 Å². The number of fused-ring (bicyclic) bond motifs is 1. The Kier molecular flexibility index (Phi) is 6.76. The average Bonchev–Trinajstić information content (AvgIpc) is 2.66. The molecule has 0 aliphatic carbocycles. The molecule has 2 heterocycles. The van der Waals surface area contributed by atoms with Crippen LogP contribution in [0.3, 0.4) is 0 Å². The van der Waals surface area contributed by atoms with Crippen molar-refractivity contribution >= 4 is 26.9 Å². The van der Waals surface area contributed by atoms with Gasteiger partial charge in [0.1, 0.15) is 12.1 Å². The number of ether oxygens (including phenoxy) is 2.